The van der Waals surface area contributed by atoms with Crippen LogP contribution in [0.3, 0.4) is 0 Å². The largest absolute Gasteiger partial charge is 0.364 e. The Kier molecular flexibility index (Phi) is 3.33. The zero-order valence-electron chi connectivity index (χ0n) is 10.7. The molecule has 1 aliphatic carbocycles. The second-order valence-corrected chi connectivity index (χ2v) is 6.47. The molecule has 0 aromatic carbocycles. The summed E-state index contributed by atoms with van der Waals surface area (Å²) in [5.41, 5.74) is 1.20. The normalized spacial score (nSPS) is 34.1. The van der Waals surface area contributed by atoms with Crippen LogP contribution >= 0.6 is 11.8 Å². The first-order valence-electron chi connectivity index (χ1n) is 6.60. The van der Waals surface area contributed by atoms with Gasteiger partial charge in [-0.3, -0.25) is 4.99 Å². The summed E-state index contributed by atoms with van der Waals surface area (Å²) in [7, 11) is 0. The molecule has 2 aliphatic rings. The summed E-state index contributed by atoms with van der Waals surface area (Å²) in [6, 6.07) is 1.86. The maximum absolute atomic E-state index is 4.81. The van der Waals surface area contributed by atoms with Crippen LogP contribution in [0.25, 0.3) is 0 Å². The van der Waals surface area contributed by atoms with Gasteiger partial charge in [0.2, 0.25) is 0 Å². The summed E-state index contributed by atoms with van der Waals surface area (Å²) < 4.78 is 4.81. The number of amidine groups is 1. The van der Waals surface area contributed by atoms with Crippen LogP contribution < -0.4 is 5.32 Å². The molecule has 1 N–H and O–H groups in total. The van der Waals surface area contributed by atoms with Gasteiger partial charge in [-0.1, -0.05) is 36.7 Å². The number of nitrogens with zero attached hydrogens (tertiary/aromatic N) is 2. The maximum Gasteiger partial charge on any atom is 0.157 e. The first-order chi connectivity index (χ1) is 8.76. The van der Waals surface area contributed by atoms with Crippen molar-refractivity contribution in [1.29, 1.82) is 0 Å². The Hall–Kier alpha value is -0.970. The Morgan fingerprint density at radius 2 is 2.61 bits per heavy atom. The monoisotopic (exact) mass is 265 g/mol. The van der Waals surface area contributed by atoms with Crippen LogP contribution in [0.1, 0.15) is 38.3 Å². The molecule has 1 saturated heterocycles. The Balaban J connectivity index is 1.62. The molecule has 1 spiro atoms. The number of hydrogen-bond donors (Lipinski definition) is 1. The third-order valence-corrected chi connectivity index (χ3v) is 5.03. The van der Waals surface area contributed by atoms with E-state index in [9.17, 15) is 0 Å². The van der Waals surface area contributed by atoms with Gasteiger partial charge in [0.1, 0.15) is 12.0 Å². The van der Waals surface area contributed by atoms with Gasteiger partial charge in [-0.15, -0.1) is 0 Å². The smallest absolute Gasteiger partial charge is 0.157 e. The van der Waals surface area contributed by atoms with Crippen LogP contribution in [0.5, 0.6) is 0 Å². The summed E-state index contributed by atoms with van der Waals surface area (Å²) >= 11 is 1.85. The summed E-state index contributed by atoms with van der Waals surface area (Å²) in [6.45, 7) is 2.97. The molecule has 2 heterocycles. The van der Waals surface area contributed by atoms with E-state index in [4.69, 9.17) is 4.52 Å². The number of aromatic nitrogens is 1. The fourth-order valence-corrected chi connectivity index (χ4v) is 4.16. The highest BCUT2D eigenvalue weighted by Gasteiger charge is 2.40. The number of aliphatic imine (C=N–C) groups is 1. The lowest BCUT2D eigenvalue weighted by Gasteiger charge is -2.36. The van der Waals surface area contributed by atoms with E-state index in [1.165, 1.54) is 25.7 Å². The predicted octanol–water partition coefficient (Wildman–Crippen LogP) is 2.82. The van der Waals surface area contributed by atoms with E-state index in [0.717, 1.165) is 22.5 Å². The summed E-state index contributed by atoms with van der Waals surface area (Å²) in [6.07, 6.45) is 6.87. The standard InChI is InChI=1S/C13H19N3OS/c1-10-3-2-5-13(7-10)9-18-12(15-13)14-8-11-4-6-17-16-11/h4,6,10H,2-3,5,7-9H2,1H3,(H,14,15). The van der Waals surface area contributed by atoms with Gasteiger partial charge in [-0.25, -0.2) is 0 Å². The number of thioether (sulfide) groups is 1. The highest BCUT2D eigenvalue weighted by molar-refractivity contribution is 8.14. The van der Waals surface area contributed by atoms with Gasteiger partial charge in [-0.05, 0) is 18.8 Å². The van der Waals surface area contributed by atoms with Gasteiger partial charge in [0.05, 0.1) is 6.54 Å². The van der Waals surface area contributed by atoms with E-state index in [0.29, 0.717) is 12.1 Å². The molecule has 0 radical (unpaired) electrons. The van der Waals surface area contributed by atoms with Crippen molar-refractivity contribution in [2.75, 3.05) is 5.75 Å². The number of hydrogen-bond acceptors (Lipinski definition) is 4. The third kappa shape index (κ3) is 2.55. The average Bonchev–Trinajstić information content (AvgIpc) is 2.97. The van der Waals surface area contributed by atoms with Crippen LogP contribution in [0.15, 0.2) is 21.8 Å². The maximum atomic E-state index is 4.81. The lowest BCUT2D eigenvalue weighted by atomic mass is 9.78. The second kappa shape index (κ2) is 4.96. The number of rotatable bonds is 2. The zero-order chi connectivity index (χ0) is 12.4. The third-order valence-electron chi connectivity index (χ3n) is 3.82. The van der Waals surface area contributed by atoms with Gasteiger partial charge in [0.25, 0.3) is 0 Å². The molecule has 2 atom stereocenters. The SMILES string of the molecule is CC1CCCC2(CSC(=NCc3ccon3)N2)C1. The minimum atomic E-state index is 0.311. The molecule has 2 unspecified atom stereocenters. The molecular weight excluding hydrogens is 246 g/mol. The van der Waals surface area contributed by atoms with Gasteiger partial charge < -0.3 is 9.84 Å². The van der Waals surface area contributed by atoms with E-state index in [1.807, 2.05) is 17.8 Å². The topological polar surface area (TPSA) is 50.4 Å². The molecule has 1 saturated carbocycles. The Bertz CT molecular complexity index is 431. The van der Waals surface area contributed by atoms with Gasteiger partial charge in [0.15, 0.2) is 5.17 Å². The summed E-state index contributed by atoms with van der Waals surface area (Å²) in [4.78, 5) is 4.59. The molecular formula is C13H19N3OS. The van der Waals surface area contributed by atoms with Crippen LogP contribution in [0.2, 0.25) is 0 Å². The highest BCUT2D eigenvalue weighted by Crippen LogP contribution is 2.38. The Labute approximate surface area is 112 Å². The van der Waals surface area contributed by atoms with Crippen molar-refractivity contribution in [2.24, 2.45) is 10.9 Å². The number of nitrogens with one attached hydrogen (secondary N) is 1. The lowest BCUT2D eigenvalue weighted by molar-refractivity contribution is 0.242. The summed E-state index contributed by atoms with van der Waals surface area (Å²) in [5, 5.41) is 8.60. The van der Waals surface area contributed by atoms with Crippen molar-refractivity contribution in [2.45, 2.75) is 44.7 Å². The molecule has 3 rings (SSSR count). The van der Waals surface area contributed by atoms with Gasteiger partial charge in [-0.2, -0.15) is 0 Å². The lowest BCUT2D eigenvalue weighted by Crippen LogP contribution is -2.47. The van der Waals surface area contributed by atoms with Crippen molar-refractivity contribution in [1.82, 2.24) is 10.5 Å². The molecule has 1 aromatic heterocycles. The fraction of sp³-hybridized carbons (Fsp3) is 0.692. The van der Waals surface area contributed by atoms with E-state index in [1.54, 1.807) is 6.26 Å². The first kappa shape index (κ1) is 12.1. The van der Waals surface area contributed by atoms with Crippen molar-refractivity contribution >= 4 is 16.9 Å². The molecule has 0 bridgehead atoms. The molecule has 2 fully saturated rings. The molecule has 5 heteroatoms. The molecule has 98 valence electrons. The minimum absolute atomic E-state index is 0.311. The highest BCUT2D eigenvalue weighted by atomic mass is 32.2. The van der Waals surface area contributed by atoms with Crippen LogP contribution in [-0.2, 0) is 6.54 Å². The molecule has 1 aliphatic heterocycles. The van der Waals surface area contributed by atoms with E-state index in [2.05, 4.69) is 22.4 Å². The van der Waals surface area contributed by atoms with E-state index < -0.39 is 0 Å². The van der Waals surface area contributed by atoms with Crippen LogP contribution in [0.4, 0.5) is 0 Å². The van der Waals surface area contributed by atoms with Crippen molar-refractivity contribution in [3.8, 4) is 0 Å². The molecule has 4 nitrogen and oxygen atoms in total. The Morgan fingerprint density at radius 3 is 3.39 bits per heavy atom. The van der Waals surface area contributed by atoms with E-state index >= 15 is 0 Å². The molecule has 0 amide bonds. The fourth-order valence-electron chi connectivity index (χ4n) is 2.97. The quantitative estimate of drug-likeness (QED) is 0.893. The van der Waals surface area contributed by atoms with Crippen molar-refractivity contribution in [3.05, 3.63) is 18.0 Å². The molecule has 1 aromatic rings. The zero-order valence-corrected chi connectivity index (χ0v) is 11.5. The van der Waals surface area contributed by atoms with Crippen molar-refractivity contribution in [3.63, 3.8) is 0 Å². The van der Waals surface area contributed by atoms with E-state index in [-0.39, 0.29) is 0 Å². The predicted molar refractivity (Wildman–Crippen MR) is 73.6 cm³/mol. The minimum Gasteiger partial charge on any atom is -0.364 e. The van der Waals surface area contributed by atoms with Crippen molar-refractivity contribution < 1.29 is 4.52 Å². The average molecular weight is 265 g/mol. The second-order valence-electron chi connectivity index (χ2n) is 5.51. The first-order valence-corrected chi connectivity index (χ1v) is 7.59. The van der Waals surface area contributed by atoms with Crippen LogP contribution in [0, 0.1) is 5.92 Å². The molecule has 18 heavy (non-hydrogen) atoms. The van der Waals surface area contributed by atoms with Gasteiger partial charge >= 0.3 is 0 Å². The van der Waals surface area contributed by atoms with Gasteiger partial charge in [0, 0.05) is 17.4 Å². The summed E-state index contributed by atoms with van der Waals surface area (Å²) in [5.74, 6) is 2.00. The Morgan fingerprint density at radius 1 is 1.67 bits per heavy atom. The van der Waals surface area contributed by atoms with Crippen LogP contribution in [-0.4, -0.2) is 21.6 Å².